The van der Waals surface area contributed by atoms with Crippen LogP contribution in [0.15, 0.2) is 10.9 Å². The average Bonchev–Trinajstić information content (AvgIpc) is 2.02. The first-order valence-electron chi connectivity index (χ1n) is 3.42. The Balaban J connectivity index is 0.000000461. The first-order chi connectivity index (χ1) is 5.20. The first kappa shape index (κ1) is 10.2. The lowest BCUT2D eigenvalue weighted by Gasteiger charge is -1.89. The summed E-state index contributed by atoms with van der Waals surface area (Å²) in [6.45, 7) is 5.73. The van der Waals surface area contributed by atoms with E-state index in [-0.39, 0.29) is 5.56 Å². The van der Waals surface area contributed by atoms with Crippen molar-refractivity contribution < 1.29 is 0 Å². The highest BCUT2D eigenvalue weighted by Crippen LogP contribution is 2.04. The van der Waals surface area contributed by atoms with Gasteiger partial charge in [0.1, 0.15) is 0 Å². The smallest absolute Gasteiger partial charge is 0.264 e. The third kappa shape index (κ3) is 3.18. The minimum absolute atomic E-state index is 0.225. The van der Waals surface area contributed by atoms with Gasteiger partial charge in [0.25, 0.3) is 5.56 Å². The lowest BCUT2D eigenvalue weighted by molar-refractivity contribution is 0.974. The number of aryl methyl sites for hydroxylation is 1. The highest BCUT2D eigenvalue weighted by atomic mass is 35.5. The van der Waals surface area contributed by atoms with Crippen LogP contribution in [0.1, 0.15) is 19.4 Å². The molecule has 4 heteroatoms. The minimum Gasteiger partial charge on any atom is -0.268 e. The molecule has 1 aromatic rings. The predicted molar refractivity (Wildman–Crippen MR) is 46.0 cm³/mol. The van der Waals surface area contributed by atoms with Gasteiger partial charge in [-0.05, 0) is 12.5 Å². The molecule has 62 valence electrons. The minimum atomic E-state index is -0.225. The van der Waals surface area contributed by atoms with Gasteiger partial charge in [-0.1, -0.05) is 25.4 Å². The molecule has 3 nitrogen and oxygen atoms in total. The number of hydrogen-bond donors (Lipinski definition) is 1. The molecule has 1 N–H and O–H groups in total. The topological polar surface area (TPSA) is 45.8 Å². The van der Waals surface area contributed by atoms with E-state index in [2.05, 4.69) is 10.2 Å². The van der Waals surface area contributed by atoms with E-state index in [0.717, 1.165) is 0 Å². The van der Waals surface area contributed by atoms with Crippen molar-refractivity contribution in [1.82, 2.24) is 10.2 Å². The van der Waals surface area contributed by atoms with Crippen LogP contribution in [0, 0.1) is 6.92 Å². The Hall–Kier alpha value is -0.830. The molecular weight excluding hydrogens is 164 g/mol. The third-order valence-corrected chi connectivity index (χ3v) is 1.32. The largest absolute Gasteiger partial charge is 0.268 e. The van der Waals surface area contributed by atoms with Gasteiger partial charge in [-0.25, -0.2) is 5.10 Å². The van der Waals surface area contributed by atoms with E-state index in [4.69, 9.17) is 11.6 Å². The summed E-state index contributed by atoms with van der Waals surface area (Å²) in [7, 11) is 0. The molecule has 0 unspecified atom stereocenters. The molecule has 0 saturated carbocycles. The van der Waals surface area contributed by atoms with E-state index in [1.807, 2.05) is 13.8 Å². The monoisotopic (exact) mass is 174 g/mol. The van der Waals surface area contributed by atoms with Crippen LogP contribution in [0.5, 0.6) is 0 Å². The fourth-order valence-corrected chi connectivity index (χ4v) is 0.578. The van der Waals surface area contributed by atoms with Crippen LogP contribution in [0.2, 0.25) is 5.15 Å². The van der Waals surface area contributed by atoms with Gasteiger partial charge in [-0.2, -0.15) is 5.10 Å². The number of halogens is 1. The van der Waals surface area contributed by atoms with Gasteiger partial charge < -0.3 is 0 Å². The van der Waals surface area contributed by atoms with E-state index >= 15 is 0 Å². The normalized spacial score (nSPS) is 8.36. The second kappa shape index (κ2) is 4.91. The van der Waals surface area contributed by atoms with Crippen LogP contribution >= 0.6 is 11.6 Å². The van der Waals surface area contributed by atoms with Crippen LogP contribution < -0.4 is 5.56 Å². The summed E-state index contributed by atoms with van der Waals surface area (Å²) >= 11 is 5.50. The molecule has 1 heterocycles. The SMILES string of the molecule is CC.Cc1cc(=O)[nH]nc1Cl. The second-order valence-corrected chi connectivity index (χ2v) is 2.06. The Morgan fingerprint density at radius 3 is 2.45 bits per heavy atom. The predicted octanol–water partition coefficient (Wildman–Crippen LogP) is 1.76. The van der Waals surface area contributed by atoms with Crippen LogP contribution in [-0.4, -0.2) is 10.2 Å². The van der Waals surface area contributed by atoms with Crippen LogP contribution in [0.3, 0.4) is 0 Å². The van der Waals surface area contributed by atoms with Gasteiger partial charge in [-0.15, -0.1) is 0 Å². The van der Waals surface area contributed by atoms with Crippen molar-refractivity contribution in [3.8, 4) is 0 Å². The van der Waals surface area contributed by atoms with E-state index in [1.54, 1.807) is 6.92 Å². The fourth-order valence-electron chi connectivity index (χ4n) is 0.481. The molecule has 1 rings (SSSR count). The Labute approximate surface area is 70.4 Å². The number of rotatable bonds is 0. The Bertz CT molecular complexity index is 269. The standard InChI is InChI=1S/C5H5ClN2O.C2H6/c1-3-2-4(9)7-8-5(3)6;1-2/h2H,1H3,(H,7,9);1-2H3. The maximum atomic E-state index is 10.5. The van der Waals surface area contributed by atoms with Crippen LogP contribution in [0.4, 0.5) is 0 Å². The van der Waals surface area contributed by atoms with Gasteiger partial charge in [0.15, 0.2) is 5.15 Å². The summed E-state index contributed by atoms with van der Waals surface area (Å²) in [5.74, 6) is 0. The van der Waals surface area contributed by atoms with E-state index in [0.29, 0.717) is 10.7 Å². The zero-order valence-electron chi connectivity index (χ0n) is 6.81. The molecule has 1 aromatic heterocycles. The summed E-state index contributed by atoms with van der Waals surface area (Å²) in [5, 5.41) is 6.05. The molecule has 0 fully saturated rings. The van der Waals surface area contributed by atoms with Crippen molar-refractivity contribution in [3.63, 3.8) is 0 Å². The van der Waals surface area contributed by atoms with E-state index < -0.39 is 0 Å². The maximum absolute atomic E-state index is 10.5. The number of aromatic nitrogens is 2. The number of hydrogen-bond acceptors (Lipinski definition) is 2. The van der Waals surface area contributed by atoms with Gasteiger partial charge in [-0.3, -0.25) is 4.79 Å². The van der Waals surface area contributed by atoms with Gasteiger partial charge in [0, 0.05) is 6.07 Å². The second-order valence-electron chi connectivity index (χ2n) is 1.71. The first-order valence-corrected chi connectivity index (χ1v) is 3.80. The van der Waals surface area contributed by atoms with E-state index in [9.17, 15) is 4.79 Å². The summed E-state index contributed by atoms with van der Waals surface area (Å²) in [6.07, 6.45) is 0. The molecule has 0 aliphatic rings. The van der Waals surface area contributed by atoms with E-state index in [1.165, 1.54) is 6.07 Å². The zero-order chi connectivity index (χ0) is 8.85. The Kier molecular flexibility index (Phi) is 4.54. The molecule has 0 aliphatic heterocycles. The lowest BCUT2D eigenvalue weighted by atomic mass is 10.4. The molecule has 0 bridgehead atoms. The molecule has 0 spiro atoms. The highest BCUT2D eigenvalue weighted by Gasteiger charge is 1.93. The summed E-state index contributed by atoms with van der Waals surface area (Å²) < 4.78 is 0. The quantitative estimate of drug-likeness (QED) is 0.652. The number of H-pyrrole nitrogens is 1. The number of nitrogens with one attached hydrogen (secondary N) is 1. The summed E-state index contributed by atoms with van der Waals surface area (Å²) in [5.41, 5.74) is 0.470. The van der Waals surface area contributed by atoms with Crippen molar-refractivity contribution in [1.29, 1.82) is 0 Å². The highest BCUT2D eigenvalue weighted by molar-refractivity contribution is 6.30. The third-order valence-electron chi connectivity index (χ3n) is 0.937. The molecule has 0 radical (unpaired) electrons. The molecule has 0 aliphatic carbocycles. The van der Waals surface area contributed by atoms with Crippen molar-refractivity contribution in [3.05, 3.63) is 27.1 Å². The molecule has 0 amide bonds. The maximum Gasteiger partial charge on any atom is 0.264 e. The average molecular weight is 175 g/mol. The lowest BCUT2D eigenvalue weighted by Crippen LogP contribution is -2.06. The van der Waals surface area contributed by atoms with Crippen LogP contribution in [0.25, 0.3) is 0 Å². The molecule has 11 heavy (non-hydrogen) atoms. The summed E-state index contributed by atoms with van der Waals surface area (Å²) in [4.78, 5) is 10.5. The van der Waals surface area contributed by atoms with Crippen molar-refractivity contribution in [2.24, 2.45) is 0 Å². The molecule has 0 saturated heterocycles. The summed E-state index contributed by atoms with van der Waals surface area (Å²) in [6, 6.07) is 1.40. The molecule has 0 aromatic carbocycles. The van der Waals surface area contributed by atoms with Gasteiger partial charge in [0.2, 0.25) is 0 Å². The van der Waals surface area contributed by atoms with Crippen molar-refractivity contribution in [2.75, 3.05) is 0 Å². The van der Waals surface area contributed by atoms with Crippen molar-refractivity contribution in [2.45, 2.75) is 20.8 Å². The number of nitrogens with zero attached hydrogens (tertiary/aromatic N) is 1. The molecule has 0 atom stereocenters. The Morgan fingerprint density at radius 2 is 2.09 bits per heavy atom. The van der Waals surface area contributed by atoms with Gasteiger partial charge >= 0.3 is 0 Å². The Morgan fingerprint density at radius 1 is 1.55 bits per heavy atom. The zero-order valence-corrected chi connectivity index (χ0v) is 7.57. The molecular formula is C7H11ClN2O. The number of aromatic amines is 1. The van der Waals surface area contributed by atoms with Crippen molar-refractivity contribution >= 4 is 11.6 Å². The van der Waals surface area contributed by atoms with Gasteiger partial charge in [0.05, 0.1) is 0 Å². The van der Waals surface area contributed by atoms with Crippen LogP contribution in [-0.2, 0) is 0 Å². The fraction of sp³-hybridized carbons (Fsp3) is 0.429.